The van der Waals surface area contributed by atoms with E-state index in [0.717, 1.165) is 5.69 Å². The first-order valence-electron chi connectivity index (χ1n) is 5.31. The van der Waals surface area contributed by atoms with Crippen LogP contribution in [0.25, 0.3) is 0 Å². The van der Waals surface area contributed by atoms with Crippen molar-refractivity contribution in [3.8, 4) is 0 Å². The van der Waals surface area contributed by atoms with E-state index in [1.165, 1.54) is 12.8 Å². The fourth-order valence-corrected chi connectivity index (χ4v) is 2.30. The zero-order valence-electron chi connectivity index (χ0n) is 8.35. The molecule has 1 aromatic rings. The van der Waals surface area contributed by atoms with E-state index in [0.29, 0.717) is 24.8 Å². The molecule has 3 rings (SSSR count). The molecule has 1 aliphatic carbocycles. The quantitative estimate of drug-likeness (QED) is 0.802. The fourth-order valence-electron chi connectivity index (χ4n) is 2.30. The molecule has 1 aromatic heterocycles. The number of ether oxygens (including phenoxy) is 1. The van der Waals surface area contributed by atoms with Crippen LogP contribution in [-0.4, -0.2) is 22.2 Å². The summed E-state index contributed by atoms with van der Waals surface area (Å²) >= 11 is 0. The highest BCUT2D eigenvalue weighted by molar-refractivity contribution is 5.86. The minimum atomic E-state index is -0.849. The van der Waals surface area contributed by atoms with Gasteiger partial charge in [0.05, 0.1) is 6.61 Å². The minimum absolute atomic E-state index is 0.131. The van der Waals surface area contributed by atoms with E-state index < -0.39 is 5.97 Å². The molecule has 1 fully saturated rings. The van der Waals surface area contributed by atoms with Crippen molar-refractivity contribution < 1.29 is 14.6 Å². The van der Waals surface area contributed by atoms with Crippen molar-refractivity contribution in [2.24, 2.45) is 5.92 Å². The number of nitrogens with zero attached hydrogens (tertiary/aromatic N) is 1. The zero-order valence-corrected chi connectivity index (χ0v) is 8.35. The van der Waals surface area contributed by atoms with Gasteiger partial charge in [0.2, 0.25) is 0 Å². The number of fused-ring (bicyclic) bond motifs is 1. The smallest absolute Gasteiger partial charge is 0.352 e. The molecule has 1 aliphatic heterocycles. The van der Waals surface area contributed by atoms with E-state index in [9.17, 15) is 4.79 Å². The number of aromatic carboxylic acids is 1. The monoisotopic (exact) mass is 207 g/mol. The summed E-state index contributed by atoms with van der Waals surface area (Å²) in [5, 5.41) is 9.01. The number of carboxylic acid groups (broad SMARTS) is 1. The second-order valence-electron chi connectivity index (χ2n) is 4.23. The molecule has 80 valence electrons. The molecule has 1 unspecified atom stereocenters. The maximum absolute atomic E-state index is 11.0. The van der Waals surface area contributed by atoms with Crippen molar-refractivity contribution in [3.63, 3.8) is 0 Å². The molecular formula is C11H13NO3. The summed E-state index contributed by atoms with van der Waals surface area (Å²) in [6.07, 6.45) is 2.54. The van der Waals surface area contributed by atoms with Crippen LogP contribution in [0.3, 0.4) is 0 Å². The van der Waals surface area contributed by atoms with Gasteiger partial charge < -0.3 is 14.4 Å². The summed E-state index contributed by atoms with van der Waals surface area (Å²) in [6, 6.07) is 3.58. The molecule has 15 heavy (non-hydrogen) atoms. The third kappa shape index (κ3) is 1.36. The molecule has 1 N–H and O–H groups in total. The Morgan fingerprint density at radius 2 is 2.27 bits per heavy atom. The largest absolute Gasteiger partial charge is 0.477 e. The lowest BCUT2D eigenvalue weighted by Gasteiger charge is -2.26. The molecule has 4 heteroatoms. The van der Waals surface area contributed by atoms with E-state index in [2.05, 4.69) is 0 Å². The van der Waals surface area contributed by atoms with Gasteiger partial charge in [-0.15, -0.1) is 0 Å². The molecule has 2 heterocycles. The molecular weight excluding hydrogens is 194 g/mol. The molecule has 0 radical (unpaired) electrons. The van der Waals surface area contributed by atoms with Crippen LogP contribution in [0.4, 0.5) is 0 Å². The third-order valence-corrected chi connectivity index (χ3v) is 3.19. The van der Waals surface area contributed by atoms with E-state index in [1.54, 1.807) is 6.07 Å². The number of hydrogen-bond acceptors (Lipinski definition) is 2. The highest BCUT2D eigenvalue weighted by atomic mass is 16.5. The number of carboxylic acids is 1. The first-order valence-corrected chi connectivity index (χ1v) is 5.31. The van der Waals surface area contributed by atoms with Crippen molar-refractivity contribution in [3.05, 3.63) is 23.5 Å². The molecule has 0 saturated heterocycles. The molecule has 1 saturated carbocycles. The van der Waals surface area contributed by atoms with Gasteiger partial charge in [-0.2, -0.15) is 0 Å². The lowest BCUT2D eigenvalue weighted by molar-refractivity contribution is 0.00529. The normalized spacial score (nSPS) is 24.9. The maximum Gasteiger partial charge on any atom is 0.352 e. The topological polar surface area (TPSA) is 51.5 Å². The minimum Gasteiger partial charge on any atom is -0.477 e. The number of aromatic nitrogens is 1. The SMILES string of the molecule is O=C(O)c1ccc2n1CCOC2C1CC1. The van der Waals surface area contributed by atoms with Crippen molar-refractivity contribution in [1.29, 1.82) is 0 Å². The fraction of sp³-hybridized carbons (Fsp3) is 0.545. The molecule has 0 bridgehead atoms. The van der Waals surface area contributed by atoms with Gasteiger partial charge in [0.15, 0.2) is 0 Å². The van der Waals surface area contributed by atoms with Gasteiger partial charge in [0, 0.05) is 12.2 Å². The summed E-state index contributed by atoms with van der Waals surface area (Å²) in [6.45, 7) is 1.29. The van der Waals surface area contributed by atoms with Crippen molar-refractivity contribution in [2.45, 2.75) is 25.5 Å². The van der Waals surface area contributed by atoms with Crippen LogP contribution in [0.15, 0.2) is 12.1 Å². The van der Waals surface area contributed by atoms with Crippen LogP contribution >= 0.6 is 0 Å². The van der Waals surface area contributed by atoms with Gasteiger partial charge in [-0.1, -0.05) is 0 Å². The van der Waals surface area contributed by atoms with E-state index in [4.69, 9.17) is 9.84 Å². The number of rotatable bonds is 2. The average molecular weight is 207 g/mol. The Bertz CT molecular complexity index is 406. The zero-order chi connectivity index (χ0) is 10.4. The summed E-state index contributed by atoms with van der Waals surface area (Å²) in [5.41, 5.74) is 1.43. The summed E-state index contributed by atoms with van der Waals surface area (Å²) in [4.78, 5) is 11.0. The van der Waals surface area contributed by atoms with Crippen molar-refractivity contribution >= 4 is 5.97 Å². The van der Waals surface area contributed by atoms with E-state index in [1.807, 2.05) is 10.6 Å². The van der Waals surface area contributed by atoms with Gasteiger partial charge in [-0.3, -0.25) is 0 Å². The van der Waals surface area contributed by atoms with Crippen LogP contribution in [-0.2, 0) is 11.3 Å². The lowest BCUT2D eigenvalue weighted by atomic mass is 10.1. The first-order chi connectivity index (χ1) is 7.27. The van der Waals surface area contributed by atoms with Gasteiger partial charge in [-0.25, -0.2) is 4.79 Å². The first kappa shape index (κ1) is 8.97. The summed E-state index contributed by atoms with van der Waals surface area (Å²) < 4.78 is 7.59. The summed E-state index contributed by atoms with van der Waals surface area (Å²) in [5.74, 6) is -0.238. The van der Waals surface area contributed by atoms with Gasteiger partial charge in [0.25, 0.3) is 0 Å². The molecule has 1 atom stereocenters. The van der Waals surface area contributed by atoms with Crippen molar-refractivity contribution in [1.82, 2.24) is 4.57 Å². The highest BCUT2D eigenvalue weighted by Crippen LogP contribution is 2.44. The van der Waals surface area contributed by atoms with Crippen molar-refractivity contribution in [2.75, 3.05) is 6.61 Å². The van der Waals surface area contributed by atoms with Crippen LogP contribution in [0.1, 0.15) is 35.1 Å². The maximum atomic E-state index is 11.0. The second-order valence-corrected chi connectivity index (χ2v) is 4.23. The van der Waals surface area contributed by atoms with Crippen LogP contribution < -0.4 is 0 Å². The Morgan fingerprint density at radius 3 is 2.93 bits per heavy atom. The highest BCUT2D eigenvalue weighted by Gasteiger charge is 2.37. The Morgan fingerprint density at radius 1 is 1.47 bits per heavy atom. The van der Waals surface area contributed by atoms with Gasteiger partial charge >= 0.3 is 5.97 Å². The van der Waals surface area contributed by atoms with Crippen LogP contribution in [0.5, 0.6) is 0 Å². The number of hydrogen-bond donors (Lipinski definition) is 1. The summed E-state index contributed by atoms with van der Waals surface area (Å²) in [7, 11) is 0. The predicted molar refractivity (Wildman–Crippen MR) is 52.8 cm³/mol. The van der Waals surface area contributed by atoms with Crippen LogP contribution in [0, 0.1) is 5.92 Å². The van der Waals surface area contributed by atoms with E-state index in [-0.39, 0.29) is 6.10 Å². The second kappa shape index (κ2) is 3.10. The molecule has 0 aromatic carbocycles. The standard InChI is InChI=1S/C11H13NO3/c13-11(14)9-4-3-8-10(7-1-2-7)15-6-5-12(8)9/h3-4,7,10H,1-2,5-6H2,(H,13,14). The molecule has 4 nitrogen and oxygen atoms in total. The average Bonchev–Trinajstić information content (AvgIpc) is 2.96. The van der Waals surface area contributed by atoms with E-state index >= 15 is 0 Å². The molecule has 0 amide bonds. The molecule has 2 aliphatic rings. The molecule has 0 spiro atoms. The lowest BCUT2D eigenvalue weighted by Crippen LogP contribution is -2.24. The van der Waals surface area contributed by atoms with Crippen LogP contribution in [0.2, 0.25) is 0 Å². The van der Waals surface area contributed by atoms with Gasteiger partial charge in [-0.05, 0) is 30.9 Å². The van der Waals surface area contributed by atoms with Gasteiger partial charge in [0.1, 0.15) is 11.8 Å². The Balaban J connectivity index is 2.01. The number of carbonyl (C=O) groups is 1. The Labute approximate surface area is 87.5 Å². The third-order valence-electron chi connectivity index (χ3n) is 3.19. The predicted octanol–water partition coefficient (Wildman–Crippen LogP) is 1.67. The Hall–Kier alpha value is -1.29. The Kier molecular flexibility index (Phi) is 1.85.